The molecule has 2 aromatic heterocycles. The molecule has 24 heavy (non-hydrogen) atoms. The minimum absolute atomic E-state index is 0.640. The fourth-order valence-electron chi connectivity index (χ4n) is 2.63. The van der Waals surface area contributed by atoms with Crippen LogP contribution in [0, 0.1) is 13.8 Å². The van der Waals surface area contributed by atoms with Crippen molar-refractivity contribution < 1.29 is 4.42 Å². The van der Waals surface area contributed by atoms with Gasteiger partial charge in [-0.1, -0.05) is 12.1 Å². The number of rotatable bonds is 5. The highest BCUT2D eigenvalue weighted by molar-refractivity contribution is 7.80. The largest absolute Gasteiger partial charge is 0.467 e. The zero-order valence-electron chi connectivity index (χ0n) is 13.8. The topological polar surface area (TPSA) is 28.4 Å². The van der Waals surface area contributed by atoms with E-state index in [2.05, 4.69) is 59.8 Å². The summed E-state index contributed by atoms with van der Waals surface area (Å²) in [4.78, 5) is 3.39. The van der Waals surface area contributed by atoms with Gasteiger partial charge in [0.25, 0.3) is 0 Å². The summed E-state index contributed by atoms with van der Waals surface area (Å²) in [5.41, 5.74) is 3.46. The van der Waals surface area contributed by atoms with E-state index in [-0.39, 0.29) is 0 Å². The second-order valence-corrected chi connectivity index (χ2v) is 7.24. The number of hydrogen-bond donors (Lipinski definition) is 1. The van der Waals surface area contributed by atoms with Crippen molar-refractivity contribution in [2.45, 2.75) is 26.9 Å². The molecule has 0 spiro atoms. The Bertz CT molecular complexity index is 738. The van der Waals surface area contributed by atoms with Crippen molar-refractivity contribution in [2.75, 3.05) is 5.32 Å². The molecule has 0 bridgehead atoms. The van der Waals surface area contributed by atoms with Crippen molar-refractivity contribution in [3.8, 4) is 0 Å². The van der Waals surface area contributed by atoms with Crippen LogP contribution in [0.15, 0.2) is 58.5 Å². The fourth-order valence-corrected chi connectivity index (χ4v) is 3.60. The van der Waals surface area contributed by atoms with Gasteiger partial charge in [-0.2, -0.15) is 0 Å². The predicted molar refractivity (Wildman–Crippen MR) is 104 cm³/mol. The van der Waals surface area contributed by atoms with Gasteiger partial charge in [0.2, 0.25) is 0 Å². The summed E-state index contributed by atoms with van der Waals surface area (Å²) in [6, 6.07) is 14.4. The molecule has 0 radical (unpaired) electrons. The third kappa shape index (κ3) is 4.46. The van der Waals surface area contributed by atoms with Crippen molar-refractivity contribution in [2.24, 2.45) is 0 Å². The van der Waals surface area contributed by atoms with Crippen LogP contribution in [0.3, 0.4) is 0 Å². The first kappa shape index (κ1) is 16.7. The Labute approximate surface area is 151 Å². The fraction of sp³-hybridized carbons (Fsp3) is 0.211. The Morgan fingerprint density at radius 2 is 1.92 bits per heavy atom. The summed E-state index contributed by atoms with van der Waals surface area (Å²) in [6.07, 6.45) is 1.69. The molecule has 5 heteroatoms. The Morgan fingerprint density at radius 1 is 1.12 bits per heavy atom. The molecule has 0 amide bonds. The normalized spacial score (nSPS) is 10.6. The van der Waals surface area contributed by atoms with Gasteiger partial charge < -0.3 is 14.6 Å². The van der Waals surface area contributed by atoms with Gasteiger partial charge in [-0.25, -0.2) is 0 Å². The molecule has 2 heterocycles. The third-order valence-corrected chi connectivity index (χ3v) is 4.84. The highest BCUT2D eigenvalue weighted by Gasteiger charge is 2.14. The zero-order valence-corrected chi connectivity index (χ0v) is 15.4. The summed E-state index contributed by atoms with van der Waals surface area (Å²) < 4.78 is 5.50. The summed E-state index contributed by atoms with van der Waals surface area (Å²) in [7, 11) is 0. The van der Waals surface area contributed by atoms with E-state index in [1.807, 2.05) is 12.1 Å². The van der Waals surface area contributed by atoms with Gasteiger partial charge in [-0.3, -0.25) is 0 Å². The molecule has 0 fully saturated rings. The van der Waals surface area contributed by atoms with Crippen LogP contribution in [-0.2, 0) is 13.1 Å². The van der Waals surface area contributed by atoms with Gasteiger partial charge in [-0.15, -0.1) is 11.3 Å². The van der Waals surface area contributed by atoms with Gasteiger partial charge in [0.15, 0.2) is 5.11 Å². The summed E-state index contributed by atoms with van der Waals surface area (Å²) in [5, 5.41) is 6.15. The average Bonchev–Trinajstić information content (AvgIpc) is 3.19. The maximum Gasteiger partial charge on any atom is 0.174 e. The number of benzene rings is 1. The lowest BCUT2D eigenvalue weighted by molar-refractivity contribution is 0.362. The van der Waals surface area contributed by atoms with Crippen LogP contribution in [0.1, 0.15) is 21.8 Å². The first-order chi connectivity index (χ1) is 11.6. The molecule has 0 saturated carbocycles. The number of nitrogens with one attached hydrogen (secondary N) is 1. The molecule has 3 nitrogen and oxygen atoms in total. The summed E-state index contributed by atoms with van der Waals surface area (Å²) in [5.74, 6) is 0.899. The highest BCUT2D eigenvalue weighted by atomic mass is 32.1. The van der Waals surface area contributed by atoms with E-state index in [9.17, 15) is 0 Å². The molecule has 0 saturated heterocycles. The number of anilines is 1. The molecule has 0 aliphatic rings. The predicted octanol–water partition coefficient (Wildman–Crippen LogP) is 5.36. The van der Waals surface area contributed by atoms with Gasteiger partial charge in [0.1, 0.15) is 5.76 Å². The lowest BCUT2D eigenvalue weighted by atomic mass is 10.1. The van der Waals surface area contributed by atoms with E-state index in [1.165, 1.54) is 16.0 Å². The zero-order chi connectivity index (χ0) is 16.9. The SMILES string of the molecule is Cc1cc(C)cc(NC(=S)N(Cc2ccco2)Cc2cccs2)c1. The van der Waals surface area contributed by atoms with Gasteiger partial charge >= 0.3 is 0 Å². The minimum Gasteiger partial charge on any atom is -0.467 e. The average molecular weight is 357 g/mol. The van der Waals surface area contributed by atoms with Crippen LogP contribution >= 0.6 is 23.6 Å². The molecular formula is C19H20N2OS2. The number of aryl methyl sites for hydroxylation is 2. The number of hydrogen-bond acceptors (Lipinski definition) is 3. The summed E-state index contributed by atoms with van der Waals surface area (Å²) in [6.45, 7) is 5.58. The smallest absolute Gasteiger partial charge is 0.174 e. The Balaban J connectivity index is 1.76. The van der Waals surface area contributed by atoms with Crippen molar-refractivity contribution in [3.63, 3.8) is 0 Å². The van der Waals surface area contributed by atoms with Gasteiger partial charge in [0, 0.05) is 10.6 Å². The van der Waals surface area contributed by atoms with Crippen LogP contribution < -0.4 is 5.32 Å². The van der Waals surface area contributed by atoms with Crippen LogP contribution in [0.25, 0.3) is 0 Å². The molecule has 0 aliphatic heterocycles. The molecule has 3 rings (SSSR count). The second kappa shape index (κ2) is 7.64. The van der Waals surface area contributed by atoms with E-state index in [0.717, 1.165) is 18.0 Å². The van der Waals surface area contributed by atoms with Crippen LogP contribution in [-0.4, -0.2) is 10.0 Å². The Hall–Kier alpha value is -2.11. The van der Waals surface area contributed by atoms with Crippen LogP contribution in [0.2, 0.25) is 0 Å². The quantitative estimate of drug-likeness (QED) is 0.623. The van der Waals surface area contributed by atoms with E-state index in [0.29, 0.717) is 11.7 Å². The Morgan fingerprint density at radius 3 is 2.54 bits per heavy atom. The highest BCUT2D eigenvalue weighted by Crippen LogP contribution is 2.18. The molecule has 0 aliphatic carbocycles. The standard InChI is InChI=1S/C19H20N2OS2/c1-14-9-15(2)11-16(10-14)20-19(23)21(12-17-5-3-7-22-17)13-18-6-4-8-24-18/h3-11H,12-13H2,1-2H3,(H,20,23). The number of thiophene rings is 1. The van der Waals surface area contributed by atoms with Crippen LogP contribution in [0.4, 0.5) is 5.69 Å². The maximum atomic E-state index is 5.67. The number of thiocarbonyl (C=S) groups is 1. The van der Waals surface area contributed by atoms with E-state index < -0.39 is 0 Å². The first-order valence-corrected chi connectivity index (χ1v) is 9.08. The monoisotopic (exact) mass is 356 g/mol. The van der Waals surface area contributed by atoms with Crippen LogP contribution in [0.5, 0.6) is 0 Å². The van der Waals surface area contributed by atoms with Gasteiger partial charge in [0.05, 0.1) is 19.4 Å². The molecule has 1 aromatic carbocycles. The maximum absolute atomic E-state index is 5.67. The molecule has 3 aromatic rings. The van der Waals surface area contributed by atoms with Crippen molar-refractivity contribution >= 4 is 34.4 Å². The van der Waals surface area contributed by atoms with E-state index in [4.69, 9.17) is 16.6 Å². The van der Waals surface area contributed by atoms with E-state index >= 15 is 0 Å². The minimum atomic E-state index is 0.640. The molecule has 1 N–H and O–H groups in total. The van der Waals surface area contributed by atoms with Gasteiger partial charge in [-0.05, 0) is 72.9 Å². The number of furan rings is 1. The van der Waals surface area contributed by atoms with E-state index in [1.54, 1.807) is 17.6 Å². The summed E-state index contributed by atoms with van der Waals surface area (Å²) >= 11 is 7.40. The second-order valence-electron chi connectivity index (χ2n) is 5.82. The lowest BCUT2D eigenvalue weighted by Crippen LogP contribution is -2.33. The third-order valence-electron chi connectivity index (χ3n) is 3.61. The Kier molecular flexibility index (Phi) is 5.33. The molecule has 0 unspecified atom stereocenters. The first-order valence-electron chi connectivity index (χ1n) is 7.79. The number of nitrogens with zero attached hydrogens (tertiary/aromatic N) is 1. The van der Waals surface area contributed by atoms with Crippen molar-refractivity contribution in [1.29, 1.82) is 0 Å². The van der Waals surface area contributed by atoms with Crippen molar-refractivity contribution in [1.82, 2.24) is 4.90 Å². The molecule has 124 valence electrons. The molecular weight excluding hydrogens is 336 g/mol. The molecule has 0 atom stereocenters. The lowest BCUT2D eigenvalue weighted by Gasteiger charge is -2.25. The van der Waals surface area contributed by atoms with Crippen molar-refractivity contribution in [3.05, 3.63) is 75.9 Å².